The molecule has 3 saturated heterocycles. The molecule has 174 valence electrons. The van der Waals surface area contributed by atoms with E-state index in [4.69, 9.17) is 0 Å². The van der Waals surface area contributed by atoms with Crippen LogP contribution in [0.5, 0.6) is 0 Å². The SMILES string of the molecule is CN1CCC(N2CC[C@H]3[C@H]2C(=O)NC[C@H](CCC(=O)N2CCc4ccccc42)N3C)CC1. The van der Waals surface area contributed by atoms with Gasteiger partial charge in [-0.05, 0) is 70.9 Å². The van der Waals surface area contributed by atoms with Gasteiger partial charge in [-0.3, -0.25) is 19.4 Å². The van der Waals surface area contributed by atoms with Gasteiger partial charge >= 0.3 is 0 Å². The number of nitrogens with one attached hydrogen (secondary N) is 1. The van der Waals surface area contributed by atoms with Crippen LogP contribution in [-0.2, 0) is 16.0 Å². The quantitative estimate of drug-likeness (QED) is 0.767. The number of amides is 2. The molecular formula is C25H37N5O2. The molecule has 3 fully saturated rings. The molecule has 0 bridgehead atoms. The average molecular weight is 440 g/mol. The molecule has 1 aromatic rings. The minimum atomic E-state index is -0.0560. The number of likely N-dealkylation sites (N-methyl/N-ethyl adjacent to an activating group) is 1. The lowest BCUT2D eigenvalue weighted by molar-refractivity contribution is -0.127. The first-order valence-electron chi connectivity index (χ1n) is 12.3. The summed E-state index contributed by atoms with van der Waals surface area (Å²) in [5.74, 6) is 0.385. The summed E-state index contributed by atoms with van der Waals surface area (Å²) in [5, 5.41) is 3.23. The fourth-order valence-corrected chi connectivity index (χ4v) is 6.35. The number of hydrogen-bond acceptors (Lipinski definition) is 5. The molecule has 1 aromatic carbocycles. The Labute approximate surface area is 191 Å². The van der Waals surface area contributed by atoms with Crippen molar-refractivity contribution in [3.8, 4) is 0 Å². The lowest BCUT2D eigenvalue weighted by Gasteiger charge is -2.39. The number of fused-ring (bicyclic) bond motifs is 2. The van der Waals surface area contributed by atoms with E-state index in [9.17, 15) is 9.59 Å². The second kappa shape index (κ2) is 9.12. The third-order valence-corrected chi connectivity index (χ3v) is 8.32. The zero-order chi connectivity index (χ0) is 22.2. The maximum absolute atomic E-state index is 13.1. The van der Waals surface area contributed by atoms with Crippen LogP contribution in [0.4, 0.5) is 5.69 Å². The number of likely N-dealkylation sites (tertiary alicyclic amines) is 2. The van der Waals surface area contributed by atoms with Crippen LogP contribution >= 0.6 is 0 Å². The van der Waals surface area contributed by atoms with Gasteiger partial charge in [-0.2, -0.15) is 0 Å². The molecule has 4 heterocycles. The van der Waals surface area contributed by atoms with Gasteiger partial charge in [0.2, 0.25) is 11.8 Å². The topological polar surface area (TPSA) is 59.1 Å². The lowest BCUT2D eigenvalue weighted by Crippen LogP contribution is -2.54. The molecule has 5 rings (SSSR count). The largest absolute Gasteiger partial charge is 0.353 e. The van der Waals surface area contributed by atoms with Crippen molar-refractivity contribution in [2.24, 2.45) is 0 Å². The Hall–Kier alpha value is -1.96. The monoisotopic (exact) mass is 439 g/mol. The highest BCUT2D eigenvalue weighted by Gasteiger charge is 2.47. The molecule has 0 saturated carbocycles. The summed E-state index contributed by atoms with van der Waals surface area (Å²) in [5.41, 5.74) is 2.34. The minimum Gasteiger partial charge on any atom is -0.353 e. The number of anilines is 1. The molecule has 2 amide bonds. The summed E-state index contributed by atoms with van der Waals surface area (Å²) >= 11 is 0. The van der Waals surface area contributed by atoms with Crippen molar-refractivity contribution in [3.63, 3.8) is 0 Å². The van der Waals surface area contributed by atoms with Crippen LogP contribution < -0.4 is 10.2 Å². The van der Waals surface area contributed by atoms with E-state index in [0.717, 1.165) is 64.0 Å². The molecule has 1 N–H and O–H groups in total. The zero-order valence-electron chi connectivity index (χ0n) is 19.5. The first-order chi connectivity index (χ1) is 15.5. The van der Waals surface area contributed by atoms with Crippen molar-refractivity contribution in [1.82, 2.24) is 20.0 Å². The maximum atomic E-state index is 13.1. The molecule has 0 spiro atoms. The van der Waals surface area contributed by atoms with Gasteiger partial charge in [0.05, 0.1) is 0 Å². The average Bonchev–Trinajstić information content (AvgIpc) is 3.41. The van der Waals surface area contributed by atoms with E-state index in [2.05, 4.69) is 46.2 Å². The van der Waals surface area contributed by atoms with Crippen LogP contribution in [0.1, 0.15) is 37.7 Å². The first-order valence-corrected chi connectivity index (χ1v) is 12.3. The second-order valence-corrected chi connectivity index (χ2v) is 10.1. The van der Waals surface area contributed by atoms with Crippen molar-refractivity contribution < 1.29 is 9.59 Å². The smallest absolute Gasteiger partial charge is 0.239 e. The number of piperidine rings is 1. The number of carbonyl (C=O) groups is 2. The summed E-state index contributed by atoms with van der Waals surface area (Å²) in [6.07, 6.45) is 5.57. The molecule has 32 heavy (non-hydrogen) atoms. The van der Waals surface area contributed by atoms with Crippen molar-refractivity contribution in [2.75, 3.05) is 51.7 Å². The summed E-state index contributed by atoms with van der Waals surface area (Å²) in [6.45, 7) is 4.64. The highest BCUT2D eigenvalue weighted by atomic mass is 16.2. The van der Waals surface area contributed by atoms with Gasteiger partial charge in [-0.1, -0.05) is 18.2 Å². The molecular weight excluding hydrogens is 402 g/mol. The van der Waals surface area contributed by atoms with Gasteiger partial charge in [-0.15, -0.1) is 0 Å². The van der Waals surface area contributed by atoms with Crippen molar-refractivity contribution in [1.29, 1.82) is 0 Å². The molecule has 7 heteroatoms. The Morgan fingerprint density at radius 3 is 2.66 bits per heavy atom. The van der Waals surface area contributed by atoms with E-state index in [-0.39, 0.29) is 29.9 Å². The van der Waals surface area contributed by atoms with E-state index >= 15 is 0 Å². The van der Waals surface area contributed by atoms with Crippen molar-refractivity contribution >= 4 is 17.5 Å². The van der Waals surface area contributed by atoms with Crippen LogP contribution in [0.3, 0.4) is 0 Å². The van der Waals surface area contributed by atoms with E-state index in [0.29, 0.717) is 19.0 Å². The Kier molecular flexibility index (Phi) is 6.23. The standard InChI is InChI=1S/C25H37N5O2/c1-27-13-10-19(11-14-27)29-16-12-22-24(29)25(32)26-17-20(28(22)2)7-8-23(31)30-15-9-18-5-3-4-6-21(18)30/h3-6,19-20,22,24H,7-17H2,1-2H3,(H,26,32)/t20-,22-,24-/m0/s1. The maximum Gasteiger partial charge on any atom is 0.239 e. The number of benzene rings is 1. The van der Waals surface area contributed by atoms with Gasteiger partial charge < -0.3 is 15.1 Å². The molecule has 0 aliphatic carbocycles. The highest BCUT2D eigenvalue weighted by Crippen LogP contribution is 2.32. The number of nitrogens with zero attached hydrogens (tertiary/aromatic N) is 4. The minimum absolute atomic E-state index is 0.0560. The van der Waals surface area contributed by atoms with Crippen LogP contribution in [0.15, 0.2) is 24.3 Å². The predicted octanol–water partition coefficient (Wildman–Crippen LogP) is 1.32. The third-order valence-electron chi connectivity index (χ3n) is 8.32. The third kappa shape index (κ3) is 4.06. The molecule has 0 unspecified atom stereocenters. The molecule has 0 aromatic heterocycles. The summed E-state index contributed by atoms with van der Waals surface area (Å²) < 4.78 is 0. The number of rotatable bonds is 4. The number of carbonyl (C=O) groups excluding carboxylic acids is 2. The summed E-state index contributed by atoms with van der Waals surface area (Å²) in [7, 11) is 4.35. The Bertz CT molecular complexity index is 852. The van der Waals surface area contributed by atoms with E-state index in [1.165, 1.54) is 5.56 Å². The Balaban J connectivity index is 1.22. The Morgan fingerprint density at radius 2 is 1.84 bits per heavy atom. The van der Waals surface area contributed by atoms with Gasteiger partial charge in [0.25, 0.3) is 0 Å². The van der Waals surface area contributed by atoms with Crippen LogP contribution in [0.2, 0.25) is 0 Å². The summed E-state index contributed by atoms with van der Waals surface area (Å²) in [6, 6.07) is 9.12. The Morgan fingerprint density at radius 1 is 1.06 bits per heavy atom. The first kappa shape index (κ1) is 21.9. The number of para-hydroxylation sites is 1. The van der Waals surface area contributed by atoms with Gasteiger partial charge in [0, 0.05) is 49.9 Å². The molecule has 4 aliphatic rings. The van der Waals surface area contributed by atoms with Crippen molar-refractivity contribution in [3.05, 3.63) is 29.8 Å². The van der Waals surface area contributed by atoms with Gasteiger partial charge in [0.15, 0.2) is 0 Å². The normalized spacial score (nSPS) is 30.1. The molecule has 4 aliphatic heterocycles. The fraction of sp³-hybridized carbons (Fsp3) is 0.680. The van der Waals surface area contributed by atoms with Crippen molar-refractivity contribution in [2.45, 2.75) is 62.7 Å². The predicted molar refractivity (Wildman–Crippen MR) is 126 cm³/mol. The van der Waals surface area contributed by atoms with Crippen LogP contribution in [0.25, 0.3) is 0 Å². The lowest BCUT2D eigenvalue weighted by atomic mass is 10.0. The molecule has 3 atom stereocenters. The molecule has 0 radical (unpaired) electrons. The highest BCUT2D eigenvalue weighted by molar-refractivity contribution is 5.95. The van der Waals surface area contributed by atoms with E-state index in [1.807, 2.05) is 17.0 Å². The second-order valence-electron chi connectivity index (χ2n) is 10.1. The van der Waals surface area contributed by atoms with Crippen LogP contribution in [0, 0.1) is 0 Å². The fourth-order valence-electron chi connectivity index (χ4n) is 6.35. The van der Waals surface area contributed by atoms with E-state index < -0.39 is 0 Å². The van der Waals surface area contributed by atoms with Crippen LogP contribution in [-0.4, -0.2) is 97.5 Å². The molecule has 7 nitrogen and oxygen atoms in total. The zero-order valence-corrected chi connectivity index (χ0v) is 19.5. The summed E-state index contributed by atoms with van der Waals surface area (Å²) in [4.78, 5) is 35.4. The number of hydrogen-bond donors (Lipinski definition) is 1. The van der Waals surface area contributed by atoms with Gasteiger partial charge in [-0.25, -0.2) is 0 Å². The van der Waals surface area contributed by atoms with Gasteiger partial charge in [0.1, 0.15) is 6.04 Å². The van der Waals surface area contributed by atoms with E-state index in [1.54, 1.807) is 0 Å².